The first-order valence-electron chi connectivity index (χ1n) is 8.23. The van der Waals surface area contributed by atoms with E-state index in [0.29, 0.717) is 12.0 Å². The molecule has 2 fully saturated rings. The third-order valence-electron chi connectivity index (χ3n) is 4.84. The van der Waals surface area contributed by atoms with Gasteiger partial charge in [-0.2, -0.15) is 8.78 Å². The van der Waals surface area contributed by atoms with E-state index >= 15 is 0 Å². The van der Waals surface area contributed by atoms with Crippen LogP contribution in [0.1, 0.15) is 37.3 Å². The smallest absolute Gasteiger partial charge is 0.387 e. The predicted molar refractivity (Wildman–Crippen MR) is 96.7 cm³/mol. The number of halogens is 4. The van der Waals surface area contributed by atoms with Gasteiger partial charge >= 0.3 is 6.61 Å². The molecule has 1 aromatic rings. The Morgan fingerprint density at radius 2 is 1.58 bits per heavy atom. The van der Waals surface area contributed by atoms with E-state index in [1.54, 1.807) is 12.1 Å². The Balaban J connectivity index is 0.00000144. The van der Waals surface area contributed by atoms with Gasteiger partial charge in [0.25, 0.3) is 0 Å². The van der Waals surface area contributed by atoms with Crippen molar-refractivity contribution >= 4 is 24.8 Å². The van der Waals surface area contributed by atoms with E-state index in [2.05, 4.69) is 15.0 Å². The molecule has 0 spiro atoms. The topological polar surface area (TPSA) is 24.5 Å². The normalized spacial score (nSPS) is 20.3. The van der Waals surface area contributed by atoms with Crippen LogP contribution in [0.3, 0.4) is 0 Å². The lowest BCUT2D eigenvalue weighted by Crippen LogP contribution is -2.46. The molecule has 1 N–H and O–H groups in total. The zero-order valence-electron chi connectivity index (χ0n) is 13.6. The lowest BCUT2D eigenvalue weighted by atomic mass is 9.89. The van der Waals surface area contributed by atoms with Crippen molar-refractivity contribution in [3.05, 3.63) is 29.8 Å². The Morgan fingerprint density at radius 3 is 2.12 bits per heavy atom. The fourth-order valence-corrected chi connectivity index (χ4v) is 3.86. The van der Waals surface area contributed by atoms with Gasteiger partial charge in [-0.1, -0.05) is 25.0 Å². The standard InChI is InChI=1S/C17H24F2N2O.2ClH/c18-17(19)22-15-7-5-14(6-8-15)16(13-3-1-2-4-13)21-11-9-20-10-12-21;;/h5-8,13,16-17,20H,1-4,9-12H2;2*1H/t16-;;/m0../s1. The predicted octanol–water partition coefficient (Wildman–Crippen LogP) is 4.27. The van der Waals surface area contributed by atoms with Gasteiger partial charge in [-0.05, 0) is 36.5 Å². The van der Waals surface area contributed by atoms with Crippen molar-refractivity contribution in [1.29, 1.82) is 0 Å². The van der Waals surface area contributed by atoms with Gasteiger partial charge in [0.2, 0.25) is 0 Å². The van der Waals surface area contributed by atoms with Crippen molar-refractivity contribution < 1.29 is 13.5 Å². The fraction of sp³-hybridized carbons (Fsp3) is 0.647. The number of piperazine rings is 1. The van der Waals surface area contributed by atoms with Crippen molar-refractivity contribution in [1.82, 2.24) is 10.2 Å². The highest BCUT2D eigenvalue weighted by Gasteiger charge is 2.31. The molecule has 24 heavy (non-hydrogen) atoms. The third kappa shape index (κ3) is 5.45. The molecular formula is C17H26Cl2F2N2O. The van der Waals surface area contributed by atoms with Crippen LogP contribution in [0, 0.1) is 5.92 Å². The van der Waals surface area contributed by atoms with E-state index in [9.17, 15) is 8.78 Å². The van der Waals surface area contributed by atoms with Crippen molar-refractivity contribution in [3.8, 4) is 5.75 Å². The average molecular weight is 383 g/mol. The SMILES string of the molecule is Cl.Cl.FC(F)Oc1ccc([C@H](C2CCCC2)N2CCNCC2)cc1. The van der Waals surface area contributed by atoms with Crippen LogP contribution in [0.5, 0.6) is 5.75 Å². The molecule has 138 valence electrons. The van der Waals surface area contributed by atoms with Crippen LogP contribution in [0.2, 0.25) is 0 Å². The van der Waals surface area contributed by atoms with Crippen LogP contribution >= 0.6 is 24.8 Å². The molecule has 3 nitrogen and oxygen atoms in total. The molecule has 1 aliphatic heterocycles. The molecule has 0 radical (unpaired) electrons. The first-order chi connectivity index (χ1) is 10.7. The van der Waals surface area contributed by atoms with Gasteiger partial charge in [0.15, 0.2) is 0 Å². The molecule has 0 amide bonds. The van der Waals surface area contributed by atoms with Crippen molar-refractivity contribution in [2.24, 2.45) is 5.92 Å². The van der Waals surface area contributed by atoms with Crippen molar-refractivity contribution in [3.63, 3.8) is 0 Å². The minimum absolute atomic E-state index is 0. The summed E-state index contributed by atoms with van der Waals surface area (Å²) < 4.78 is 29.0. The van der Waals surface area contributed by atoms with Gasteiger partial charge in [-0.15, -0.1) is 24.8 Å². The molecule has 1 aliphatic carbocycles. The second-order valence-electron chi connectivity index (χ2n) is 6.22. The van der Waals surface area contributed by atoms with Crippen LogP contribution in [0.25, 0.3) is 0 Å². The molecule has 0 aromatic heterocycles. The van der Waals surface area contributed by atoms with Gasteiger partial charge in [0, 0.05) is 32.2 Å². The maximum Gasteiger partial charge on any atom is 0.387 e. The molecule has 3 rings (SSSR count). The number of alkyl halides is 2. The Kier molecular flexibility index (Phi) is 9.27. The maximum absolute atomic E-state index is 12.3. The molecule has 1 saturated carbocycles. The van der Waals surface area contributed by atoms with Gasteiger partial charge in [-0.3, -0.25) is 4.90 Å². The number of rotatable bonds is 5. The zero-order valence-corrected chi connectivity index (χ0v) is 15.3. The highest BCUT2D eigenvalue weighted by Crippen LogP contribution is 2.40. The number of nitrogens with zero attached hydrogens (tertiary/aromatic N) is 1. The molecular weight excluding hydrogens is 357 g/mol. The van der Waals surface area contributed by atoms with Crippen molar-refractivity contribution in [2.75, 3.05) is 26.2 Å². The number of ether oxygens (including phenoxy) is 1. The van der Waals surface area contributed by atoms with Crippen LogP contribution in [-0.2, 0) is 0 Å². The molecule has 1 atom stereocenters. The second kappa shape index (κ2) is 10.4. The summed E-state index contributed by atoms with van der Waals surface area (Å²) in [5.41, 5.74) is 1.23. The van der Waals surface area contributed by atoms with Crippen molar-refractivity contribution in [2.45, 2.75) is 38.3 Å². The summed E-state index contributed by atoms with van der Waals surface area (Å²) in [6.07, 6.45) is 5.15. The summed E-state index contributed by atoms with van der Waals surface area (Å²) in [7, 11) is 0. The minimum atomic E-state index is -2.76. The number of benzene rings is 1. The molecule has 1 heterocycles. The highest BCUT2D eigenvalue weighted by molar-refractivity contribution is 5.85. The average Bonchev–Trinajstić information content (AvgIpc) is 3.04. The molecule has 1 aromatic carbocycles. The Hall–Kier alpha value is -0.620. The number of hydrogen-bond acceptors (Lipinski definition) is 3. The first kappa shape index (κ1) is 21.4. The molecule has 0 unspecified atom stereocenters. The fourth-order valence-electron chi connectivity index (χ4n) is 3.86. The Bertz CT molecular complexity index is 464. The monoisotopic (exact) mass is 382 g/mol. The van der Waals surface area contributed by atoms with E-state index < -0.39 is 6.61 Å². The van der Waals surface area contributed by atoms with Crippen LogP contribution in [0.15, 0.2) is 24.3 Å². The third-order valence-corrected chi connectivity index (χ3v) is 4.84. The molecule has 2 aliphatic rings. The quantitative estimate of drug-likeness (QED) is 0.822. The van der Waals surface area contributed by atoms with E-state index in [0.717, 1.165) is 26.2 Å². The summed E-state index contributed by atoms with van der Waals surface area (Å²) in [6, 6.07) is 7.67. The second-order valence-corrected chi connectivity index (χ2v) is 6.22. The van der Waals surface area contributed by atoms with E-state index in [4.69, 9.17) is 0 Å². The number of hydrogen-bond donors (Lipinski definition) is 1. The lowest BCUT2D eigenvalue weighted by molar-refractivity contribution is -0.0498. The summed E-state index contributed by atoms with van der Waals surface area (Å²) >= 11 is 0. The maximum atomic E-state index is 12.3. The lowest BCUT2D eigenvalue weighted by Gasteiger charge is -2.38. The van der Waals surface area contributed by atoms with E-state index in [1.165, 1.54) is 31.2 Å². The van der Waals surface area contributed by atoms with Crippen LogP contribution in [-0.4, -0.2) is 37.7 Å². The highest BCUT2D eigenvalue weighted by atomic mass is 35.5. The summed E-state index contributed by atoms with van der Waals surface area (Å²) in [6.45, 7) is 1.39. The summed E-state index contributed by atoms with van der Waals surface area (Å²) in [5.74, 6) is 0.921. The van der Waals surface area contributed by atoms with Crippen LogP contribution in [0.4, 0.5) is 8.78 Å². The molecule has 7 heteroatoms. The summed E-state index contributed by atoms with van der Waals surface area (Å²) in [5, 5.41) is 3.40. The molecule has 1 saturated heterocycles. The summed E-state index contributed by atoms with van der Waals surface area (Å²) in [4.78, 5) is 2.55. The number of nitrogens with one attached hydrogen (secondary N) is 1. The van der Waals surface area contributed by atoms with Gasteiger partial charge < -0.3 is 10.1 Å². The van der Waals surface area contributed by atoms with Gasteiger partial charge in [-0.25, -0.2) is 0 Å². The first-order valence-corrected chi connectivity index (χ1v) is 8.23. The Labute approximate surface area is 154 Å². The zero-order chi connectivity index (χ0) is 15.4. The van der Waals surface area contributed by atoms with Crippen LogP contribution < -0.4 is 10.1 Å². The van der Waals surface area contributed by atoms with E-state index in [1.807, 2.05) is 12.1 Å². The minimum Gasteiger partial charge on any atom is -0.435 e. The largest absolute Gasteiger partial charge is 0.435 e. The Morgan fingerprint density at radius 1 is 1.00 bits per heavy atom. The van der Waals surface area contributed by atoms with Gasteiger partial charge in [0.05, 0.1) is 0 Å². The molecule has 0 bridgehead atoms. The van der Waals surface area contributed by atoms with E-state index in [-0.39, 0.29) is 30.6 Å². The van der Waals surface area contributed by atoms with Gasteiger partial charge in [0.1, 0.15) is 5.75 Å².